The van der Waals surface area contributed by atoms with E-state index in [9.17, 15) is 4.79 Å². The fourth-order valence-corrected chi connectivity index (χ4v) is 1.68. The van der Waals surface area contributed by atoms with Crippen LogP contribution in [0.1, 0.15) is 26.7 Å². The topological polar surface area (TPSA) is 41.6 Å². The Hall–Kier alpha value is -0.770. The molecular weight excluding hydrogens is 180 g/mol. The van der Waals surface area contributed by atoms with E-state index in [2.05, 4.69) is 17.1 Å². The number of likely N-dealkylation sites (tertiary alicyclic amines) is 1. The van der Waals surface area contributed by atoms with Crippen molar-refractivity contribution in [3.05, 3.63) is 0 Å². The summed E-state index contributed by atoms with van der Waals surface area (Å²) in [6.07, 6.45) is 1.77. The predicted octanol–water partition coefficient (Wildman–Crippen LogP) is 1.22. The molecule has 4 nitrogen and oxygen atoms in total. The molecule has 1 aliphatic heterocycles. The van der Waals surface area contributed by atoms with Crippen molar-refractivity contribution in [3.63, 3.8) is 0 Å². The van der Waals surface area contributed by atoms with Gasteiger partial charge >= 0.3 is 6.09 Å². The highest BCUT2D eigenvalue weighted by Crippen LogP contribution is 2.13. The van der Waals surface area contributed by atoms with Crippen molar-refractivity contribution in [1.29, 1.82) is 0 Å². The summed E-state index contributed by atoms with van der Waals surface area (Å²) in [5, 5.41) is 2.64. The van der Waals surface area contributed by atoms with Crippen molar-refractivity contribution in [1.82, 2.24) is 10.2 Å². The lowest BCUT2D eigenvalue weighted by Crippen LogP contribution is -2.39. The first kappa shape index (κ1) is 11.3. The molecule has 0 aromatic rings. The summed E-state index contributed by atoms with van der Waals surface area (Å²) in [6, 6.07) is 0. The molecule has 14 heavy (non-hydrogen) atoms. The summed E-state index contributed by atoms with van der Waals surface area (Å²) in [5.74, 6) is 0. The number of ether oxygens (including phenoxy) is 1. The molecule has 1 saturated heterocycles. The molecule has 0 bridgehead atoms. The van der Waals surface area contributed by atoms with E-state index >= 15 is 0 Å². The van der Waals surface area contributed by atoms with Gasteiger partial charge in [0.15, 0.2) is 0 Å². The maximum Gasteiger partial charge on any atom is 0.407 e. The van der Waals surface area contributed by atoms with Gasteiger partial charge in [-0.3, -0.25) is 0 Å². The normalized spacial score (nSPS) is 19.3. The van der Waals surface area contributed by atoms with Crippen LogP contribution in [0.5, 0.6) is 0 Å². The van der Waals surface area contributed by atoms with Gasteiger partial charge in [0.25, 0.3) is 0 Å². The summed E-state index contributed by atoms with van der Waals surface area (Å²) in [4.78, 5) is 13.5. The maximum absolute atomic E-state index is 11.1. The van der Waals surface area contributed by atoms with Crippen LogP contribution in [0.25, 0.3) is 0 Å². The number of hydrogen-bond acceptors (Lipinski definition) is 3. The third-order valence-electron chi connectivity index (χ3n) is 2.58. The first-order valence-corrected chi connectivity index (χ1v) is 5.43. The molecule has 0 atom stereocenters. The molecule has 1 aliphatic rings. The molecule has 0 unspecified atom stereocenters. The number of hydrogen-bond donors (Lipinski definition) is 1. The van der Waals surface area contributed by atoms with Crippen molar-refractivity contribution in [2.75, 3.05) is 26.2 Å². The van der Waals surface area contributed by atoms with Gasteiger partial charge in [0, 0.05) is 19.6 Å². The third kappa shape index (κ3) is 3.54. The van der Waals surface area contributed by atoms with Gasteiger partial charge in [-0.1, -0.05) is 6.92 Å². The van der Waals surface area contributed by atoms with Gasteiger partial charge in [0.1, 0.15) is 6.10 Å². The second-order valence-electron chi connectivity index (χ2n) is 3.57. The van der Waals surface area contributed by atoms with Crippen LogP contribution in [0.2, 0.25) is 0 Å². The first-order chi connectivity index (χ1) is 6.76. The SMILES string of the molecule is CCNC(=O)OC1CCN(CC)CC1. The lowest BCUT2D eigenvalue weighted by molar-refractivity contribution is 0.0525. The van der Waals surface area contributed by atoms with E-state index in [0.29, 0.717) is 6.54 Å². The average Bonchev–Trinajstić information content (AvgIpc) is 2.19. The summed E-state index contributed by atoms with van der Waals surface area (Å²) in [7, 11) is 0. The molecule has 0 aromatic heterocycles. The first-order valence-electron chi connectivity index (χ1n) is 5.43. The predicted molar refractivity (Wildman–Crippen MR) is 55.3 cm³/mol. The maximum atomic E-state index is 11.1. The summed E-state index contributed by atoms with van der Waals surface area (Å²) in [5.41, 5.74) is 0. The van der Waals surface area contributed by atoms with Crippen molar-refractivity contribution in [3.8, 4) is 0 Å². The molecule has 82 valence electrons. The van der Waals surface area contributed by atoms with E-state index in [1.54, 1.807) is 0 Å². The van der Waals surface area contributed by atoms with Gasteiger partial charge in [-0.05, 0) is 26.3 Å². The molecule has 0 spiro atoms. The number of amides is 1. The Morgan fingerprint density at radius 2 is 2.07 bits per heavy atom. The van der Waals surface area contributed by atoms with Crippen molar-refractivity contribution in [2.45, 2.75) is 32.8 Å². The number of rotatable bonds is 3. The highest BCUT2D eigenvalue weighted by Gasteiger charge is 2.20. The Morgan fingerprint density at radius 3 is 2.57 bits per heavy atom. The van der Waals surface area contributed by atoms with Crippen LogP contribution in [-0.4, -0.2) is 43.3 Å². The Morgan fingerprint density at radius 1 is 1.43 bits per heavy atom. The molecule has 0 saturated carbocycles. The quantitative estimate of drug-likeness (QED) is 0.744. The summed E-state index contributed by atoms with van der Waals surface area (Å²) >= 11 is 0. The Kier molecular flexibility index (Phi) is 4.73. The van der Waals surface area contributed by atoms with Crippen LogP contribution in [-0.2, 0) is 4.74 Å². The molecule has 4 heteroatoms. The fourth-order valence-electron chi connectivity index (χ4n) is 1.68. The molecule has 0 aliphatic carbocycles. The molecule has 0 radical (unpaired) electrons. The van der Waals surface area contributed by atoms with E-state index < -0.39 is 0 Å². The van der Waals surface area contributed by atoms with Crippen LogP contribution in [0.3, 0.4) is 0 Å². The molecule has 1 fully saturated rings. The van der Waals surface area contributed by atoms with E-state index in [4.69, 9.17) is 4.74 Å². The second-order valence-corrected chi connectivity index (χ2v) is 3.57. The standard InChI is InChI=1S/C10H20N2O2/c1-3-11-10(13)14-9-5-7-12(4-2)8-6-9/h9H,3-8H2,1-2H3,(H,11,13). The molecule has 1 amide bonds. The van der Waals surface area contributed by atoms with Gasteiger partial charge < -0.3 is 15.0 Å². The van der Waals surface area contributed by atoms with Gasteiger partial charge in [-0.15, -0.1) is 0 Å². The Bertz CT molecular complexity index is 177. The van der Waals surface area contributed by atoms with Gasteiger partial charge in [0.05, 0.1) is 0 Å². The van der Waals surface area contributed by atoms with E-state index in [0.717, 1.165) is 32.5 Å². The number of alkyl carbamates (subject to hydrolysis) is 1. The zero-order valence-corrected chi connectivity index (χ0v) is 9.08. The summed E-state index contributed by atoms with van der Waals surface area (Å²) < 4.78 is 5.25. The summed E-state index contributed by atoms with van der Waals surface area (Å²) in [6.45, 7) is 7.85. The van der Waals surface area contributed by atoms with Crippen LogP contribution in [0.4, 0.5) is 4.79 Å². The molecular formula is C10H20N2O2. The smallest absolute Gasteiger partial charge is 0.407 e. The van der Waals surface area contributed by atoms with E-state index in [-0.39, 0.29) is 12.2 Å². The zero-order valence-electron chi connectivity index (χ0n) is 9.08. The molecule has 1 rings (SSSR count). The van der Waals surface area contributed by atoms with Crippen molar-refractivity contribution in [2.24, 2.45) is 0 Å². The number of carbonyl (C=O) groups is 1. The molecule has 1 N–H and O–H groups in total. The zero-order chi connectivity index (χ0) is 10.4. The fraction of sp³-hybridized carbons (Fsp3) is 0.900. The monoisotopic (exact) mass is 200 g/mol. The van der Waals surface area contributed by atoms with Crippen LogP contribution in [0, 0.1) is 0 Å². The Labute approximate surface area is 85.6 Å². The second kappa shape index (κ2) is 5.86. The van der Waals surface area contributed by atoms with Crippen molar-refractivity contribution < 1.29 is 9.53 Å². The minimum atomic E-state index is -0.276. The lowest BCUT2D eigenvalue weighted by Gasteiger charge is -2.30. The minimum Gasteiger partial charge on any atom is -0.446 e. The number of carbonyl (C=O) groups excluding carboxylic acids is 1. The van der Waals surface area contributed by atoms with E-state index in [1.165, 1.54) is 0 Å². The molecule has 1 heterocycles. The largest absolute Gasteiger partial charge is 0.446 e. The number of nitrogens with one attached hydrogen (secondary N) is 1. The van der Waals surface area contributed by atoms with Gasteiger partial charge in [-0.25, -0.2) is 4.79 Å². The number of piperidine rings is 1. The Balaban J connectivity index is 2.18. The highest BCUT2D eigenvalue weighted by molar-refractivity contribution is 5.67. The highest BCUT2D eigenvalue weighted by atomic mass is 16.6. The van der Waals surface area contributed by atoms with Crippen molar-refractivity contribution >= 4 is 6.09 Å². The van der Waals surface area contributed by atoms with Gasteiger partial charge in [-0.2, -0.15) is 0 Å². The van der Waals surface area contributed by atoms with Gasteiger partial charge in [0.2, 0.25) is 0 Å². The molecule has 0 aromatic carbocycles. The van der Waals surface area contributed by atoms with Crippen LogP contribution >= 0.6 is 0 Å². The van der Waals surface area contributed by atoms with E-state index in [1.807, 2.05) is 6.92 Å². The van der Waals surface area contributed by atoms with Crippen LogP contribution < -0.4 is 5.32 Å². The lowest BCUT2D eigenvalue weighted by atomic mass is 10.1. The average molecular weight is 200 g/mol. The van der Waals surface area contributed by atoms with Crippen LogP contribution in [0.15, 0.2) is 0 Å². The number of nitrogens with zero attached hydrogens (tertiary/aromatic N) is 1. The third-order valence-corrected chi connectivity index (χ3v) is 2.58. The minimum absolute atomic E-state index is 0.115.